The molecule has 0 aliphatic rings. The Balaban J connectivity index is 1.94. The molecule has 1 N–H and O–H groups in total. The van der Waals surface area contributed by atoms with Gasteiger partial charge in [-0.1, -0.05) is 0 Å². The second-order valence-corrected chi connectivity index (χ2v) is 3.85. The molecule has 0 spiro atoms. The van der Waals surface area contributed by atoms with Crippen LogP contribution in [0, 0.1) is 17.5 Å². The van der Waals surface area contributed by atoms with Crippen LogP contribution in [0.15, 0.2) is 36.7 Å². The summed E-state index contributed by atoms with van der Waals surface area (Å²) in [6.07, 6.45) is 2.62. The number of aromatic nitrogens is 1. The molecule has 0 aliphatic carbocycles. The standard InChI is InChI=1S/C13H11F3N2/c14-11-1-2-13(16)10(4-11)7-17-5-9-3-12(15)8-18-6-9/h1-4,6,8,17H,5,7H2. The predicted molar refractivity (Wildman–Crippen MR) is 61.1 cm³/mol. The molecule has 1 aromatic heterocycles. The highest BCUT2D eigenvalue weighted by atomic mass is 19.1. The highest BCUT2D eigenvalue weighted by molar-refractivity contribution is 5.18. The largest absolute Gasteiger partial charge is 0.308 e. The van der Waals surface area contributed by atoms with Crippen molar-refractivity contribution in [3.05, 3.63) is 65.2 Å². The number of nitrogens with zero attached hydrogens (tertiary/aromatic N) is 1. The predicted octanol–water partition coefficient (Wildman–Crippen LogP) is 2.79. The van der Waals surface area contributed by atoms with E-state index in [0.717, 1.165) is 24.4 Å². The fourth-order valence-corrected chi connectivity index (χ4v) is 1.57. The van der Waals surface area contributed by atoms with Crippen LogP contribution in [0.2, 0.25) is 0 Å². The lowest BCUT2D eigenvalue weighted by atomic mass is 10.2. The number of benzene rings is 1. The average Bonchev–Trinajstić information content (AvgIpc) is 2.34. The maximum atomic E-state index is 13.3. The van der Waals surface area contributed by atoms with Crippen LogP contribution in [-0.2, 0) is 13.1 Å². The number of pyridine rings is 1. The molecule has 5 heteroatoms. The molecule has 18 heavy (non-hydrogen) atoms. The molecule has 94 valence electrons. The van der Waals surface area contributed by atoms with Crippen molar-refractivity contribution < 1.29 is 13.2 Å². The number of nitrogens with one attached hydrogen (secondary N) is 1. The van der Waals surface area contributed by atoms with Crippen molar-refractivity contribution in [1.29, 1.82) is 0 Å². The third-order valence-electron chi connectivity index (χ3n) is 2.41. The molecule has 2 rings (SSSR count). The molecule has 2 nitrogen and oxygen atoms in total. The fourth-order valence-electron chi connectivity index (χ4n) is 1.57. The fraction of sp³-hybridized carbons (Fsp3) is 0.154. The molecule has 0 unspecified atom stereocenters. The topological polar surface area (TPSA) is 24.9 Å². The van der Waals surface area contributed by atoms with Gasteiger partial charge in [0.1, 0.15) is 17.5 Å². The molecule has 1 aromatic carbocycles. The monoisotopic (exact) mass is 252 g/mol. The Hall–Kier alpha value is -1.88. The van der Waals surface area contributed by atoms with Gasteiger partial charge in [0.15, 0.2) is 0 Å². The molecule has 0 fully saturated rings. The molecule has 0 saturated carbocycles. The van der Waals surface area contributed by atoms with Crippen molar-refractivity contribution >= 4 is 0 Å². The molecule has 2 aromatic rings. The van der Waals surface area contributed by atoms with Gasteiger partial charge in [-0.25, -0.2) is 13.2 Å². The Morgan fingerprint density at radius 3 is 2.56 bits per heavy atom. The van der Waals surface area contributed by atoms with Crippen LogP contribution in [0.25, 0.3) is 0 Å². The first kappa shape index (κ1) is 12.6. The van der Waals surface area contributed by atoms with Crippen LogP contribution in [0.4, 0.5) is 13.2 Å². The van der Waals surface area contributed by atoms with E-state index in [2.05, 4.69) is 10.3 Å². The summed E-state index contributed by atoms with van der Waals surface area (Å²) < 4.78 is 39.0. The molecular formula is C13H11F3N2. The molecule has 0 radical (unpaired) electrons. The van der Waals surface area contributed by atoms with Crippen LogP contribution in [0.3, 0.4) is 0 Å². The summed E-state index contributed by atoms with van der Waals surface area (Å²) in [5, 5.41) is 2.90. The van der Waals surface area contributed by atoms with Gasteiger partial charge >= 0.3 is 0 Å². The Bertz CT molecular complexity index is 544. The summed E-state index contributed by atoms with van der Waals surface area (Å²) in [6, 6.07) is 4.61. The summed E-state index contributed by atoms with van der Waals surface area (Å²) in [6.45, 7) is 0.501. The molecule has 0 amide bonds. The second kappa shape index (κ2) is 5.64. The van der Waals surface area contributed by atoms with Gasteiger partial charge in [-0.2, -0.15) is 0 Å². The van der Waals surface area contributed by atoms with Crippen LogP contribution < -0.4 is 5.32 Å². The first-order valence-electron chi connectivity index (χ1n) is 5.39. The lowest BCUT2D eigenvalue weighted by Crippen LogP contribution is -2.14. The summed E-state index contributed by atoms with van der Waals surface area (Å²) >= 11 is 0. The van der Waals surface area contributed by atoms with Gasteiger partial charge in [0.25, 0.3) is 0 Å². The smallest absolute Gasteiger partial charge is 0.141 e. The van der Waals surface area contributed by atoms with Gasteiger partial charge in [0, 0.05) is 24.8 Å². The maximum absolute atomic E-state index is 13.3. The SMILES string of the molecule is Fc1cncc(CNCc2cc(F)ccc2F)c1. The molecular weight excluding hydrogens is 241 g/mol. The number of hydrogen-bond donors (Lipinski definition) is 1. The zero-order valence-corrected chi connectivity index (χ0v) is 9.46. The highest BCUT2D eigenvalue weighted by Crippen LogP contribution is 2.09. The van der Waals surface area contributed by atoms with E-state index >= 15 is 0 Å². The summed E-state index contributed by atoms with van der Waals surface area (Å²) in [5.41, 5.74) is 0.881. The van der Waals surface area contributed by atoms with Crippen molar-refractivity contribution in [3.63, 3.8) is 0 Å². The second-order valence-electron chi connectivity index (χ2n) is 3.85. The Kier molecular flexibility index (Phi) is 3.94. The minimum Gasteiger partial charge on any atom is -0.308 e. The lowest BCUT2D eigenvalue weighted by molar-refractivity contribution is 0.567. The van der Waals surface area contributed by atoms with Gasteiger partial charge in [0.2, 0.25) is 0 Å². The van der Waals surface area contributed by atoms with Crippen LogP contribution in [-0.4, -0.2) is 4.98 Å². The quantitative estimate of drug-likeness (QED) is 0.905. The minimum atomic E-state index is -0.486. The first-order chi connectivity index (χ1) is 8.65. The van der Waals surface area contributed by atoms with E-state index in [1.807, 2.05) is 0 Å². The number of halogens is 3. The van der Waals surface area contributed by atoms with E-state index in [1.165, 1.54) is 12.3 Å². The van der Waals surface area contributed by atoms with Crippen LogP contribution in [0.5, 0.6) is 0 Å². The third-order valence-corrected chi connectivity index (χ3v) is 2.41. The van der Waals surface area contributed by atoms with Crippen molar-refractivity contribution in [2.24, 2.45) is 0 Å². The zero-order valence-electron chi connectivity index (χ0n) is 9.46. The maximum Gasteiger partial charge on any atom is 0.141 e. The van der Waals surface area contributed by atoms with Gasteiger partial charge in [-0.15, -0.1) is 0 Å². The van der Waals surface area contributed by atoms with Crippen molar-refractivity contribution in [2.75, 3.05) is 0 Å². The highest BCUT2D eigenvalue weighted by Gasteiger charge is 2.03. The van der Waals surface area contributed by atoms with E-state index in [9.17, 15) is 13.2 Å². The molecule has 0 atom stereocenters. The van der Waals surface area contributed by atoms with E-state index in [4.69, 9.17) is 0 Å². The van der Waals surface area contributed by atoms with Crippen molar-refractivity contribution in [3.8, 4) is 0 Å². The normalized spacial score (nSPS) is 10.6. The number of rotatable bonds is 4. The lowest BCUT2D eigenvalue weighted by Gasteiger charge is -2.06. The molecule has 0 saturated heterocycles. The van der Waals surface area contributed by atoms with Gasteiger partial charge in [-0.05, 0) is 29.8 Å². The van der Waals surface area contributed by atoms with Crippen molar-refractivity contribution in [1.82, 2.24) is 10.3 Å². The zero-order chi connectivity index (χ0) is 13.0. The Morgan fingerprint density at radius 2 is 1.78 bits per heavy atom. The number of hydrogen-bond acceptors (Lipinski definition) is 2. The van der Waals surface area contributed by atoms with Gasteiger partial charge in [0.05, 0.1) is 6.20 Å². The van der Waals surface area contributed by atoms with E-state index in [0.29, 0.717) is 12.1 Å². The summed E-state index contributed by atoms with van der Waals surface area (Å²) in [5.74, 6) is -1.38. The molecule has 0 aliphatic heterocycles. The van der Waals surface area contributed by atoms with E-state index in [1.54, 1.807) is 0 Å². The van der Waals surface area contributed by atoms with E-state index in [-0.39, 0.29) is 12.1 Å². The van der Waals surface area contributed by atoms with Crippen LogP contribution >= 0.6 is 0 Å². The molecule has 1 heterocycles. The molecule has 0 bridgehead atoms. The Morgan fingerprint density at radius 1 is 0.944 bits per heavy atom. The van der Waals surface area contributed by atoms with Gasteiger partial charge in [-0.3, -0.25) is 4.98 Å². The van der Waals surface area contributed by atoms with Gasteiger partial charge < -0.3 is 5.32 Å². The average molecular weight is 252 g/mol. The summed E-state index contributed by atoms with van der Waals surface area (Å²) in [7, 11) is 0. The Labute approximate surface area is 102 Å². The van der Waals surface area contributed by atoms with E-state index < -0.39 is 17.5 Å². The minimum absolute atomic E-state index is 0.167. The first-order valence-corrected chi connectivity index (χ1v) is 5.39. The van der Waals surface area contributed by atoms with Crippen molar-refractivity contribution in [2.45, 2.75) is 13.1 Å². The summed E-state index contributed by atoms with van der Waals surface area (Å²) in [4.78, 5) is 3.69. The van der Waals surface area contributed by atoms with Crippen LogP contribution in [0.1, 0.15) is 11.1 Å². The third kappa shape index (κ3) is 3.30.